The average Bonchev–Trinajstić information content (AvgIpc) is 3.04. The molecule has 1 heterocycles. The first kappa shape index (κ1) is 21.4. The van der Waals surface area contributed by atoms with E-state index in [1.807, 2.05) is 0 Å². The SMILES string of the molecule is CCNC(=NCC1(N2CCSCC2)CCCC1)NC(C)CC.I. The molecule has 0 radical (unpaired) electrons. The minimum absolute atomic E-state index is 0. The van der Waals surface area contributed by atoms with Crippen molar-refractivity contribution in [3.05, 3.63) is 0 Å². The van der Waals surface area contributed by atoms with Crippen LogP contribution >= 0.6 is 35.7 Å². The van der Waals surface area contributed by atoms with E-state index in [-0.39, 0.29) is 24.0 Å². The van der Waals surface area contributed by atoms with Crippen LogP contribution < -0.4 is 10.6 Å². The summed E-state index contributed by atoms with van der Waals surface area (Å²) in [7, 11) is 0. The molecule has 23 heavy (non-hydrogen) atoms. The quantitative estimate of drug-likeness (QED) is 0.367. The van der Waals surface area contributed by atoms with Crippen molar-refractivity contribution in [1.82, 2.24) is 15.5 Å². The van der Waals surface area contributed by atoms with Crippen LogP contribution in [-0.4, -0.2) is 60.1 Å². The van der Waals surface area contributed by atoms with Crippen LogP contribution in [0.1, 0.15) is 52.9 Å². The zero-order chi connectivity index (χ0) is 15.8. The Labute approximate surface area is 164 Å². The monoisotopic (exact) mass is 454 g/mol. The standard InChI is InChI=1S/C17H34N4S.HI/c1-4-15(3)20-16(18-5-2)19-14-17(8-6-7-9-17)21-10-12-22-13-11-21;/h15H,4-14H2,1-3H3,(H2,18,19,20);1H. The van der Waals surface area contributed by atoms with Crippen LogP contribution in [0.3, 0.4) is 0 Å². The highest BCUT2D eigenvalue weighted by Crippen LogP contribution is 2.37. The average molecular weight is 454 g/mol. The first-order valence-electron chi connectivity index (χ1n) is 9.08. The van der Waals surface area contributed by atoms with Crippen molar-refractivity contribution in [2.24, 2.45) is 4.99 Å². The van der Waals surface area contributed by atoms with Crippen molar-refractivity contribution in [3.8, 4) is 0 Å². The molecule has 1 aliphatic carbocycles. The number of guanidine groups is 1. The third-order valence-electron chi connectivity index (χ3n) is 5.09. The molecule has 0 aromatic rings. The second-order valence-electron chi connectivity index (χ2n) is 6.68. The van der Waals surface area contributed by atoms with Gasteiger partial charge in [-0.25, -0.2) is 0 Å². The zero-order valence-electron chi connectivity index (χ0n) is 15.1. The number of thioether (sulfide) groups is 1. The highest BCUT2D eigenvalue weighted by molar-refractivity contribution is 14.0. The van der Waals surface area contributed by atoms with E-state index in [0.29, 0.717) is 11.6 Å². The molecule has 2 N–H and O–H groups in total. The molecule has 0 aromatic carbocycles. The van der Waals surface area contributed by atoms with Crippen molar-refractivity contribution in [2.75, 3.05) is 37.7 Å². The van der Waals surface area contributed by atoms with E-state index >= 15 is 0 Å². The Kier molecular flexibility index (Phi) is 10.2. The summed E-state index contributed by atoms with van der Waals surface area (Å²) in [6.07, 6.45) is 6.51. The van der Waals surface area contributed by atoms with Gasteiger partial charge in [0.05, 0.1) is 6.54 Å². The van der Waals surface area contributed by atoms with Crippen LogP contribution in [-0.2, 0) is 0 Å². The number of hydrogen-bond acceptors (Lipinski definition) is 3. The van der Waals surface area contributed by atoms with Crippen molar-refractivity contribution in [1.29, 1.82) is 0 Å². The van der Waals surface area contributed by atoms with E-state index in [4.69, 9.17) is 4.99 Å². The first-order valence-corrected chi connectivity index (χ1v) is 10.2. The lowest BCUT2D eigenvalue weighted by atomic mass is 9.95. The molecule has 1 unspecified atom stereocenters. The normalized spacial score (nSPS) is 23.2. The minimum Gasteiger partial charge on any atom is -0.357 e. The van der Waals surface area contributed by atoms with Gasteiger partial charge in [0.1, 0.15) is 0 Å². The Hall–Kier alpha value is 0.310. The molecule has 0 spiro atoms. The molecule has 0 aromatic heterocycles. The predicted molar refractivity (Wildman–Crippen MR) is 114 cm³/mol. The Balaban J connectivity index is 0.00000264. The molecule has 0 bridgehead atoms. The predicted octanol–water partition coefficient (Wildman–Crippen LogP) is 3.32. The Morgan fingerprint density at radius 2 is 1.87 bits per heavy atom. The van der Waals surface area contributed by atoms with Gasteiger partial charge in [0.15, 0.2) is 5.96 Å². The highest BCUT2D eigenvalue weighted by atomic mass is 127. The summed E-state index contributed by atoms with van der Waals surface area (Å²) >= 11 is 2.10. The molecule has 6 heteroatoms. The Morgan fingerprint density at radius 3 is 2.43 bits per heavy atom. The molecule has 2 rings (SSSR count). The van der Waals surface area contributed by atoms with Gasteiger partial charge in [-0.15, -0.1) is 24.0 Å². The number of rotatable bonds is 6. The third-order valence-corrected chi connectivity index (χ3v) is 6.03. The minimum atomic E-state index is 0. The largest absolute Gasteiger partial charge is 0.357 e. The first-order chi connectivity index (χ1) is 10.7. The van der Waals surface area contributed by atoms with Crippen molar-refractivity contribution >= 4 is 41.7 Å². The van der Waals surface area contributed by atoms with Gasteiger partial charge in [-0.1, -0.05) is 19.8 Å². The lowest BCUT2D eigenvalue weighted by Crippen LogP contribution is -2.53. The fourth-order valence-corrected chi connectivity index (χ4v) is 4.43. The number of nitrogens with zero attached hydrogens (tertiary/aromatic N) is 2. The fraction of sp³-hybridized carbons (Fsp3) is 0.941. The van der Waals surface area contributed by atoms with Gasteiger partial charge in [0, 0.05) is 42.7 Å². The smallest absolute Gasteiger partial charge is 0.191 e. The fourth-order valence-electron chi connectivity index (χ4n) is 3.53. The van der Waals surface area contributed by atoms with Crippen LogP contribution in [0.25, 0.3) is 0 Å². The van der Waals surface area contributed by atoms with Gasteiger partial charge in [-0.05, 0) is 33.1 Å². The van der Waals surface area contributed by atoms with E-state index in [1.165, 1.54) is 50.3 Å². The molecule has 1 aliphatic heterocycles. The summed E-state index contributed by atoms with van der Waals surface area (Å²) in [5.74, 6) is 3.57. The molecule has 2 fully saturated rings. The summed E-state index contributed by atoms with van der Waals surface area (Å²) in [4.78, 5) is 7.72. The summed E-state index contributed by atoms with van der Waals surface area (Å²) in [5, 5.41) is 6.94. The van der Waals surface area contributed by atoms with E-state index in [1.54, 1.807) is 0 Å². The van der Waals surface area contributed by atoms with Crippen LogP contribution in [0, 0.1) is 0 Å². The van der Waals surface area contributed by atoms with E-state index in [0.717, 1.165) is 25.5 Å². The van der Waals surface area contributed by atoms with Crippen LogP contribution in [0.15, 0.2) is 4.99 Å². The van der Waals surface area contributed by atoms with Crippen LogP contribution in [0.5, 0.6) is 0 Å². The number of aliphatic imine (C=N–C) groups is 1. The lowest BCUT2D eigenvalue weighted by Gasteiger charge is -2.42. The molecule has 1 saturated heterocycles. The lowest BCUT2D eigenvalue weighted by molar-refractivity contribution is 0.112. The molecule has 4 nitrogen and oxygen atoms in total. The second kappa shape index (κ2) is 11.0. The maximum atomic E-state index is 4.98. The highest BCUT2D eigenvalue weighted by Gasteiger charge is 2.39. The second-order valence-corrected chi connectivity index (χ2v) is 7.90. The molecular weight excluding hydrogens is 419 g/mol. The van der Waals surface area contributed by atoms with Crippen molar-refractivity contribution in [2.45, 2.75) is 64.5 Å². The molecule has 136 valence electrons. The third kappa shape index (κ3) is 6.27. The maximum Gasteiger partial charge on any atom is 0.191 e. The van der Waals surface area contributed by atoms with Gasteiger partial charge in [-0.3, -0.25) is 9.89 Å². The summed E-state index contributed by atoms with van der Waals surface area (Å²) < 4.78 is 0. The molecule has 1 atom stereocenters. The molecule has 2 aliphatic rings. The van der Waals surface area contributed by atoms with Gasteiger partial charge in [0.25, 0.3) is 0 Å². The topological polar surface area (TPSA) is 39.7 Å². The van der Waals surface area contributed by atoms with Gasteiger partial charge in [0.2, 0.25) is 0 Å². The summed E-state index contributed by atoms with van der Waals surface area (Å²) in [6, 6.07) is 0.476. The van der Waals surface area contributed by atoms with Gasteiger partial charge >= 0.3 is 0 Å². The maximum absolute atomic E-state index is 4.98. The Morgan fingerprint density at radius 1 is 1.22 bits per heavy atom. The number of nitrogens with one attached hydrogen (secondary N) is 2. The van der Waals surface area contributed by atoms with Crippen molar-refractivity contribution in [3.63, 3.8) is 0 Å². The summed E-state index contributed by atoms with van der Waals surface area (Å²) in [6.45, 7) is 10.9. The van der Waals surface area contributed by atoms with E-state index in [9.17, 15) is 0 Å². The number of hydrogen-bond donors (Lipinski definition) is 2. The molecule has 0 amide bonds. The van der Waals surface area contributed by atoms with E-state index < -0.39 is 0 Å². The zero-order valence-corrected chi connectivity index (χ0v) is 18.2. The molecule has 1 saturated carbocycles. The van der Waals surface area contributed by atoms with Gasteiger partial charge in [-0.2, -0.15) is 11.8 Å². The summed E-state index contributed by atoms with van der Waals surface area (Å²) in [5.41, 5.74) is 0.332. The molecular formula is C17H35IN4S. The van der Waals surface area contributed by atoms with Gasteiger partial charge < -0.3 is 10.6 Å². The van der Waals surface area contributed by atoms with E-state index in [2.05, 4.69) is 48.1 Å². The number of halogens is 1. The van der Waals surface area contributed by atoms with Crippen LogP contribution in [0.4, 0.5) is 0 Å². The van der Waals surface area contributed by atoms with Crippen molar-refractivity contribution < 1.29 is 0 Å². The van der Waals surface area contributed by atoms with Crippen LogP contribution in [0.2, 0.25) is 0 Å². The Bertz CT molecular complexity index is 353.